The molecule has 11 rings (SSSR count). The van der Waals surface area contributed by atoms with Gasteiger partial charge in [-0.05, 0) is 0 Å². The Morgan fingerprint density at radius 2 is 0.551 bits per heavy atom. The van der Waals surface area contributed by atoms with Crippen LogP contribution in [0.15, 0.2) is 296 Å². The summed E-state index contributed by atoms with van der Waals surface area (Å²) in [5.41, 5.74) is 3.44. The molecule has 1 atom stereocenters. The fourth-order valence-corrected chi connectivity index (χ4v) is 17.2. The van der Waals surface area contributed by atoms with E-state index in [-0.39, 0.29) is 0 Å². The van der Waals surface area contributed by atoms with Crippen molar-refractivity contribution in [3.8, 4) is 0 Å². The topological polar surface area (TPSA) is 78.9 Å². The maximum atomic E-state index is 17.3. The molecule has 0 N–H and O–H groups in total. The minimum atomic E-state index is -6.46. The van der Waals surface area contributed by atoms with E-state index in [1.54, 1.807) is 0 Å². The molecule has 0 bridgehead atoms. The summed E-state index contributed by atoms with van der Waals surface area (Å²) in [6.45, 7) is 4.05. The number of benzene rings is 9. The molecule has 9 aromatic carbocycles. The van der Waals surface area contributed by atoms with Crippen LogP contribution >= 0.6 is 0 Å². The zero-order chi connectivity index (χ0) is 53.6. The number of hydrogen-bond acceptors (Lipinski definition) is 6. The first kappa shape index (κ1) is 51.7. The van der Waals surface area contributed by atoms with Crippen LogP contribution in [0.2, 0.25) is 3.72 Å². The van der Waals surface area contributed by atoms with Gasteiger partial charge in [-0.2, -0.15) is 0 Å². The molecule has 2 aliphatic carbocycles. The first-order valence-corrected chi connectivity index (χ1v) is 29.5. The van der Waals surface area contributed by atoms with Gasteiger partial charge in [-0.1, -0.05) is 0 Å². The fourth-order valence-electron chi connectivity index (χ4n) is 12.5. The van der Waals surface area contributed by atoms with Crippen LogP contribution < -0.4 is 0 Å². The Morgan fingerprint density at radius 3 is 0.769 bits per heavy atom. The Kier molecular flexibility index (Phi) is 14.5. The summed E-state index contributed by atoms with van der Waals surface area (Å²) < 4.78 is 21.9. The number of rotatable bonds is 16. The molecule has 0 heterocycles. The molecule has 7 heteroatoms. The van der Waals surface area contributed by atoms with Gasteiger partial charge in [0.25, 0.3) is 0 Å². The van der Waals surface area contributed by atoms with Gasteiger partial charge in [0.05, 0.1) is 0 Å². The molecule has 0 spiro atoms. The van der Waals surface area contributed by atoms with Crippen molar-refractivity contribution in [2.45, 2.75) is 59.5 Å². The van der Waals surface area contributed by atoms with E-state index in [2.05, 4.69) is 13.0 Å². The van der Waals surface area contributed by atoms with Gasteiger partial charge in [0.1, 0.15) is 0 Å². The summed E-state index contributed by atoms with van der Waals surface area (Å²) in [4.78, 5) is 51.9. The average molecular weight is 1060 g/mol. The van der Waals surface area contributed by atoms with Crippen molar-refractivity contribution in [3.63, 3.8) is 0 Å². The second-order valence-corrected chi connectivity index (χ2v) is 24.8. The molecule has 0 amide bonds. The molecular formula is C71H60O6Ti. The molecule has 0 saturated carbocycles. The Bertz CT molecular complexity index is 2970. The van der Waals surface area contributed by atoms with Gasteiger partial charge in [0, 0.05) is 0 Å². The number of carbonyl (C=O) groups excluding carboxylic acids is 3. The first-order valence-electron chi connectivity index (χ1n) is 26.8. The Morgan fingerprint density at radius 1 is 0.346 bits per heavy atom. The third-order valence-corrected chi connectivity index (χ3v) is 21.0. The van der Waals surface area contributed by atoms with Gasteiger partial charge in [-0.3, -0.25) is 0 Å². The quantitative estimate of drug-likeness (QED) is 0.0709. The van der Waals surface area contributed by atoms with Gasteiger partial charge < -0.3 is 0 Å². The van der Waals surface area contributed by atoms with Gasteiger partial charge in [0.15, 0.2) is 0 Å². The molecule has 0 fully saturated rings. The van der Waals surface area contributed by atoms with Crippen molar-refractivity contribution in [1.29, 1.82) is 0 Å². The standard InChI is InChI=1S/3C20H16O2.C11H15.Ti/c3*21-19(22)20(16-10-4-1-5-11-16,17-12-6-2-7-13-17)18-14-8-3-9-15-18;1-8-7-9(2)11-6-4-3-5-10(8)11;/h3*1-15H,(H,21,22);7H,3-6H2,1-2H3;/q;;;;+3/p-3. The second-order valence-electron chi connectivity index (χ2n) is 20.5. The van der Waals surface area contributed by atoms with Crippen molar-refractivity contribution < 1.29 is 42.1 Å². The summed E-state index contributed by atoms with van der Waals surface area (Å²) in [7, 11) is 0. The molecule has 1 unspecified atom stereocenters. The zero-order valence-electron chi connectivity index (χ0n) is 43.8. The van der Waals surface area contributed by atoms with Crippen molar-refractivity contribution in [2.24, 2.45) is 0 Å². The maximum absolute atomic E-state index is 17.3. The van der Waals surface area contributed by atoms with Crippen LogP contribution in [0, 0.1) is 0 Å². The molecule has 0 aromatic heterocycles. The molecule has 0 aliphatic heterocycles. The fraction of sp³-hybridized carbons (Fsp3) is 0.141. The van der Waals surface area contributed by atoms with Crippen molar-refractivity contribution in [2.75, 3.05) is 0 Å². The molecular weight excluding hydrogens is 997 g/mol. The second kappa shape index (κ2) is 21.9. The van der Waals surface area contributed by atoms with E-state index in [9.17, 15) is 0 Å². The van der Waals surface area contributed by atoms with Crippen LogP contribution in [-0.4, -0.2) is 17.9 Å². The molecule has 0 radical (unpaired) electrons. The van der Waals surface area contributed by atoms with E-state index in [1.807, 2.05) is 280 Å². The van der Waals surface area contributed by atoms with Gasteiger partial charge in [-0.25, -0.2) is 0 Å². The van der Waals surface area contributed by atoms with Gasteiger partial charge >= 0.3 is 465 Å². The van der Waals surface area contributed by atoms with Crippen LogP contribution in [0.25, 0.3) is 0 Å². The van der Waals surface area contributed by atoms with E-state index in [4.69, 9.17) is 9.96 Å². The van der Waals surface area contributed by atoms with Crippen LogP contribution in [0.1, 0.15) is 89.6 Å². The summed E-state index contributed by atoms with van der Waals surface area (Å²) >= 11 is -6.46. The number of carbonyl (C=O) groups is 3. The van der Waals surface area contributed by atoms with Crippen LogP contribution in [0.3, 0.4) is 0 Å². The van der Waals surface area contributed by atoms with Crippen LogP contribution in [-0.2, 0) is 58.3 Å². The number of hydrogen-bond donors (Lipinski definition) is 0. The van der Waals surface area contributed by atoms with Crippen molar-refractivity contribution in [1.82, 2.24) is 0 Å². The van der Waals surface area contributed by atoms with Gasteiger partial charge in [-0.15, -0.1) is 0 Å². The third kappa shape index (κ3) is 8.70. The molecule has 2 aliphatic rings. The van der Waals surface area contributed by atoms with E-state index in [1.165, 1.54) is 0 Å². The monoisotopic (exact) mass is 1060 g/mol. The van der Waals surface area contributed by atoms with E-state index >= 15 is 14.4 Å². The molecule has 6 nitrogen and oxygen atoms in total. The Balaban J connectivity index is 1.27. The molecule has 9 aromatic rings. The summed E-state index contributed by atoms with van der Waals surface area (Å²) in [6.07, 6.45) is 5.21. The first-order chi connectivity index (χ1) is 38.2. The summed E-state index contributed by atoms with van der Waals surface area (Å²) in [5, 5.41) is 0. The normalized spacial score (nSPS) is 15.6. The molecule has 78 heavy (non-hydrogen) atoms. The SMILES string of the molecule is CC1=C[C](C)([Ti]([O]C(=O)C(c2ccccc2)(c2ccccc2)c2ccccc2)([O]C(=O)C(c2ccccc2)(c2ccccc2)c2ccccc2)[O]C(=O)C(c2ccccc2)(c2ccccc2)c2ccccc2)C2=C1CCCC2. The third-order valence-electron chi connectivity index (χ3n) is 16.2. The molecule has 0 saturated heterocycles. The molecule has 384 valence electrons. The van der Waals surface area contributed by atoms with Crippen LogP contribution in [0.5, 0.6) is 0 Å². The predicted molar refractivity (Wildman–Crippen MR) is 304 cm³/mol. The summed E-state index contributed by atoms with van der Waals surface area (Å²) in [6, 6.07) is 86.2. The minimum absolute atomic E-state index is 0.600. The van der Waals surface area contributed by atoms with Crippen LogP contribution in [0.4, 0.5) is 0 Å². The van der Waals surface area contributed by atoms with E-state index in [0.717, 1.165) is 36.0 Å². The Labute approximate surface area is 462 Å². The van der Waals surface area contributed by atoms with Crippen molar-refractivity contribution in [3.05, 3.63) is 346 Å². The zero-order valence-corrected chi connectivity index (χ0v) is 45.4. The predicted octanol–water partition coefficient (Wildman–Crippen LogP) is 15.6. The van der Waals surface area contributed by atoms with Crippen molar-refractivity contribution >= 4 is 17.9 Å². The van der Waals surface area contributed by atoms with Gasteiger partial charge in [0.2, 0.25) is 0 Å². The number of allylic oxidation sites excluding steroid dienone is 4. The Hall–Kier alpha value is -8.42. The van der Waals surface area contributed by atoms with E-state index < -0.39 is 55.6 Å². The van der Waals surface area contributed by atoms with E-state index in [0.29, 0.717) is 56.5 Å². The summed E-state index contributed by atoms with van der Waals surface area (Å²) in [5.74, 6) is -2.25. The average Bonchev–Trinajstić information content (AvgIpc) is 3.99.